The average molecular weight is 289 g/mol. The Kier molecular flexibility index (Phi) is 4.15. The summed E-state index contributed by atoms with van der Waals surface area (Å²) in [6, 6.07) is 13.5. The van der Waals surface area contributed by atoms with Crippen LogP contribution >= 0.6 is 0 Å². The van der Waals surface area contributed by atoms with E-state index in [9.17, 15) is 8.78 Å². The molecule has 0 atom stereocenters. The SMILES string of the molecule is Fc1ccc(N2CC[NH+](Cc3cccc(F)c3)CC2)cc1. The van der Waals surface area contributed by atoms with Crippen molar-refractivity contribution in [3.05, 3.63) is 65.7 Å². The lowest BCUT2D eigenvalue weighted by molar-refractivity contribution is -0.914. The second-order valence-electron chi connectivity index (χ2n) is 5.52. The monoisotopic (exact) mass is 289 g/mol. The molecule has 110 valence electrons. The molecule has 3 rings (SSSR count). The minimum absolute atomic E-state index is 0.170. The molecule has 1 saturated heterocycles. The number of hydrogen-bond donors (Lipinski definition) is 1. The summed E-state index contributed by atoms with van der Waals surface area (Å²) >= 11 is 0. The van der Waals surface area contributed by atoms with Gasteiger partial charge in [0.25, 0.3) is 0 Å². The predicted molar refractivity (Wildman–Crippen MR) is 79.4 cm³/mol. The number of piperazine rings is 1. The zero-order valence-corrected chi connectivity index (χ0v) is 11.9. The highest BCUT2D eigenvalue weighted by Gasteiger charge is 2.20. The molecule has 2 nitrogen and oxygen atoms in total. The molecule has 4 heteroatoms. The summed E-state index contributed by atoms with van der Waals surface area (Å²) in [5, 5.41) is 0. The Balaban J connectivity index is 1.56. The van der Waals surface area contributed by atoms with Gasteiger partial charge in [0.15, 0.2) is 0 Å². The summed E-state index contributed by atoms with van der Waals surface area (Å²) in [5.74, 6) is -0.369. The van der Waals surface area contributed by atoms with Gasteiger partial charge in [-0.2, -0.15) is 0 Å². The zero-order chi connectivity index (χ0) is 14.7. The molecule has 0 aliphatic carbocycles. The fraction of sp³-hybridized carbons (Fsp3) is 0.294. The predicted octanol–water partition coefficient (Wildman–Crippen LogP) is 1.87. The fourth-order valence-corrected chi connectivity index (χ4v) is 2.85. The van der Waals surface area contributed by atoms with Gasteiger partial charge >= 0.3 is 0 Å². The minimum Gasteiger partial charge on any atom is -0.360 e. The van der Waals surface area contributed by atoms with Crippen LogP contribution in [-0.2, 0) is 6.54 Å². The van der Waals surface area contributed by atoms with Gasteiger partial charge < -0.3 is 9.80 Å². The van der Waals surface area contributed by atoms with Crippen molar-refractivity contribution >= 4 is 5.69 Å². The molecule has 0 bridgehead atoms. The van der Waals surface area contributed by atoms with E-state index < -0.39 is 0 Å². The summed E-state index contributed by atoms with van der Waals surface area (Å²) < 4.78 is 26.1. The molecule has 1 N–H and O–H groups in total. The maximum Gasteiger partial charge on any atom is 0.123 e. The molecule has 0 saturated carbocycles. The molecule has 2 aromatic rings. The molecule has 0 spiro atoms. The molecule has 0 aromatic heterocycles. The maximum atomic E-state index is 13.2. The van der Waals surface area contributed by atoms with Gasteiger partial charge in [-0.1, -0.05) is 12.1 Å². The minimum atomic E-state index is -0.200. The van der Waals surface area contributed by atoms with Crippen LogP contribution in [0.5, 0.6) is 0 Å². The van der Waals surface area contributed by atoms with Crippen LogP contribution in [0.15, 0.2) is 48.5 Å². The Hall–Kier alpha value is -1.94. The van der Waals surface area contributed by atoms with E-state index in [0.29, 0.717) is 0 Å². The van der Waals surface area contributed by atoms with Crippen LogP contribution in [0.3, 0.4) is 0 Å². The molecule has 1 heterocycles. The number of nitrogens with zero attached hydrogens (tertiary/aromatic N) is 1. The van der Waals surface area contributed by atoms with E-state index in [4.69, 9.17) is 0 Å². The molecule has 1 aliphatic heterocycles. The van der Waals surface area contributed by atoms with Gasteiger partial charge in [-0.05, 0) is 36.4 Å². The van der Waals surface area contributed by atoms with Gasteiger partial charge in [-0.15, -0.1) is 0 Å². The number of quaternary nitrogens is 1. The van der Waals surface area contributed by atoms with Crippen molar-refractivity contribution in [3.63, 3.8) is 0 Å². The molecule has 0 unspecified atom stereocenters. The van der Waals surface area contributed by atoms with Gasteiger partial charge in [0.05, 0.1) is 26.2 Å². The van der Waals surface area contributed by atoms with E-state index in [1.54, 1.807) is 12.1 Å². The van der Waals surface area contributed by atoms with Crippen molar-refractivity contribution in [2.24, 2.45) is 0 Å². The second-order valence-corrected chi connectivity index (χ2v) is 5.52. The number of benzene rings is 2. The molecular formula is C17H19F2N2+. The Morgan fingerprint density at radius 1 is 0.905 bits per heavy atom. The van der Waals surface area contributed by atoms with Gasteiger partial charge in [-0.25, -0.2) is 8.78 Å². The number of rotatable bonds is 3. The summed E-state index contributed by atoms with van der Waals surface area (Å²) in [7, 11) is 0. The summed E-state index contributed by atoms with van der Waals surface area (Å²) in [6.45, 7) is 4.75. The highest BCUT2D eigenvalue weighted by molar-refractivity contribution is 5.46. The topological polar surface area (TPSA) is 7.68 Å². The molecule has 0 radical (unpaired) electrons. The first-order valence-corrected chi connectivity index (χ1v) is 7.29. The Labute approximate surface area is 123 Å². The molecule has 21 heavy (non-hydrogen) atoms. The fourth-order valence-electron chi connectivity index (χ4n) is 2.85. The lowest BCUT2D eigenvalue weighted by Gasteiger charge is -2.33. The molecule has 0 amide bonds. The Bertz CT molecular complexity index is 590. The Morgan fingerprint density at radius 3 is 2.29 bits per heavy atom. The smallest absolute Gasteiger partial charge is 0.123 e. The van der Waals surface area contributed by atoms with Crippen LogP contribution < -0.4 is 9.80 Å². The highest BCUT2D eigenvalue weighted by Crippen LogP contribution is 2.14. The molecule has 1 aliphatic rings. The van der Waals surface area contributed by atoms with E-state index in [1.807, 2.05) is 18.2 Å². The zero-order valence-electron chi connectivity index (χ0n) is 11.9. The standard InChI is InChI=1S/C17H18F2N2/c18-15-4-6-17(7-5-15)21-10-8-20(9-11-21)13-14-2-1-3-16(19)12-14/h1-7,12H,8-11,13H2/p+1. The lowest BCUT2D eigenvalue weighted by Crippen LogP contribution is -3.13. The molecular weight excluding hydrogens is 270 g/mol. The van der Waals surface area contributed by atoms with E-state index >= 15 is 0 Å². The number of hydrogen-bond acceptors (Lipinski definition) is 1. The summed E-state index contributed by atoms with van der Waals surface area (Å²) in [5.41, 5.74) is 2.11. The normalized spacial score (nSPS) is 16.2. The first-order valence-electron chi connectivity index (χ1n) is 7.29. The number of anilines is 1. The molecule has 2 aromatic carbocycles. The third kappa shape index (κ3) is 3.58. The van der Waals surface area contributed by atoms with E-state index in [-0.39, 0.29) is 11.6 Å². The summed E-state index contributed by atoms with van der Waals surface area (Å²) in [6.07, 6.45) is 0. The van der Waals surface area contributed by atoms with Gasteiger partial charge in [0.2, 0.25) is 0 Å². The highest BCUT2D eigenvalue weighted by atomic mass is 19.1. The van der Waals surface area contributed by atoms with E-state index in [2.05, 4.69) is 4.90 Å². The van der Waals surface area contributed by atoms with Crippen molar-refractivity contribution in [1.29, 1.82) is 0 Å². The Morgan fingerprint density at radius 2 is 1.62 bits per heavy atom. The van der Waals surface area contributed by atoms with Crippen molar-refractivity contribution in [3.8, 4) is 0 Å². The third-order valence-corrected chi connectivity index (χ3v) is 4.01. The van der Waals surface area contributed by atoms with Crippen LogP contribution in [0.2, 0.25) is 0 Å². The van der Waals surface area contributed by atoms with Crippen LogP contribution in [0.4, 0.5) is 14.5 Å². The first kappa shape index (κ1) is 14.0. The number of halogens is 2. The largest absolute Gasteiger partial charge is 0.360 e. The third-order valence-electron chi connectivity index (χ3n) is 4.01. The number of nitrogens with one attached hydrogen (secondary N) is 1. The van der Waals surface area contributed by atoms with Crippen molar-refractivity contribution < 1.29 is 13.7 Å². The average Bonchev–Trinajstić information content (AvgIpc) is 2.49. The lowest BCUT2D eigenvalue weighted by atomic mass is 10.2. The summed E-state index contributed by atoms with van der Waals surface area (Å²) in [4.78, 5) is 3.73. The second kappa shape index (κ2) is 6.22. The van der Waals surface area contributed by atoms with Crippen LogP contribution in [0.1, 0.15) is 5.56 Å². The first-order chi connectivity index (χ1) is 10.2. The van der Waals surface area contributed by atoms with Crippen molar-refractivity contribution in [2.75, 3.05) is 31.1 Å². The van der Waals surface area contributed by atoms with Crippen molar-refractivity contribution in [1.82, 2.24) is 0 Å². The maximum absolute atomic E-state index is 13.2. The van der Waals surface area contributed by atoms with E-state index in [0.717, 1.165) is 44.0 Å². The van der Waals surface area contributed by atoms with Gasteiger partial charge in [0.1, 0.15) is 18.2 Å². The van der Waals surface area contributed by atoms with Crippen molar-refractivity contribution in [2.45, 2.75) is 6.54 Å². The molecule has 1 fully saturated rings. The van der Waals surface area contributed by atoms with Gasteiger partial charge in [0, 0.05) is 11.3 Å². The van der Waals surface area contributed by atoms with Crippen LogP contribution in [0, 0.1) is 11.6 Å². The van der Waals surface area contributed by atoms with Crippen LogP contribution in [0.25, 0.3) is 0 Å². The van der Waals surface area contributed by atoms with Crippen LogP contribution in [-0.4, -0.2) is 26.2 Å². The van der Waals surface area contributed by atoms with Gasteiger partial charge in [-0.3, -0.25) is 0 Å². The van der Waals surface area contributed by atoms with E-state index in [1.165, 1.54) is 23.1 Å². The quantitative estimate of drug-likeness (QED) is 0.906.